The smallest absolute Gasteiger partial charge is 0.243 e. The zero-order valence-corrected chi connectivity index (χ0v) is 25.1. The predicted octanol–water partition coefficient (Wildman–Crippen LogP) is 4.83. The average Bonchev–Trinajstić information content (AvgIpc) is 3.27. The normalized spacial score (nSPS) is 15.6. The molecule has 1 aliphatic carbocycles. The van der Waals surface area contributed by atoms with Crippen molar-refractivity contribution in [3.8, 4) is 5.75 Å². The van der Waals surface area contributed by atoms with Crippen LogP contribution < -0.4 is 20.7 Å². The van der Waals surface area contributed by atoms with Crippen LogP contribution >= 0.6 is 0 Å². The molecule has 0 saturated carbocycles. The number of rotatable bonds is 13. The van der Waals surface area contributed by atoms with Crippen molar-refractivity contribution in [2.24, 2.45) is 11.8 Å². The Hall–Kier alpha value is -4.03. The summed E-state index contributed by atoms with van der Waals surface area (Å²) in [5, 5.41) is 7.39. The Labute approximate surface area is 252 Å². The second-order valence-corrected chi connectivity index (χ2v) is 11.7. The monoisotopic (exact) mass is 625 g/mol. The largest absolute Gasteiger partial charge is 0.497 e. The minimum atomic E-state index is -2.32. The highest BCUT2D eigenvalue weighted by atomic mass is 19.2. The number of hydrogen-bond acceptors (Lipinski definition) is 5. The van der Waals surface area contributed by atoms with Gasteiger partial charge in [0.25, 0.3) is 0 Å². The highest BCUT2D eigenvalue weighted by Crippen LogP contribution is 2.37. The molecule has 13 heteroatoms. The second kappa shape index (κ2) is 14.6. The minimum Gasteiger partial charge on any atom is -0.497 e. The van der Waals surface area contributed by atoms with Crippen molar-refractivity contribution < 1.29 is 45.9 Å². The van der Waals surface area contributed by atoms with E-state index < -0.39 is 76.9 Å². The Bertz CT molecular complexity index is 1400. The van der Waals surface area contributed by atoms with Crippen molar-refractivity contribution in [3.05, 3.63) is 64.0 Å². The van der Waals surface area contributed by atoms with Gasteiger partial charge in [-0.15, -0.1) is 0 Å². The maximum atomic E-state index is 14.1. The lowest BCUT2D eigenvalue weighted by atomic mass is 9.96. The molecule has 0 fully saturated rings. The molecule has 44 heavy (non-hydrogen) atoms. The van der Waals surface area contributed by atoms with Gasteiger partial charge in [0.2, 0.25) is 23.5 Å². The lowest BCUT2D eigenvalue weighted by Gasteiger charge is -2.25. The Kier molecular flexibility index (Phi) is 11.5. The predicted molar refractivity (Wildman–Crippen MR) is 150 cm³/mol. The molecule has 2 aromatic carbocycles. The zero-order chi connectivity index (χ0) is 32.9. The van der Waals surface area contributed by atoms with Crippen LogP contribution in [0.4, 0.5) is 22.0 Å². The molecule has 240 valence electrons. The standard InChI is InChI=1S/C31H36F5N3O5/c1-14(2)8-21(30(42)37-13-20-25(32)27(34)29(36)28(35)26(20)33)39-31(43)22(9-15(3)4)38-24(41)11-16-10-23(40)18-7-6-17(44-5)12-19(16)18/h6-7,12,14-16,21-22H,8-11,13H2,1-5H3,(H,37,42)(H,38,41)(H,39,43)/t16?,21-,22+/m1/s1. The lowest BCUT2D eigenvalue weighted by Crippen LogP contribution is -2.54. The van der Waals surface area contributed by atoms with Crippen LogP contribution in [0.3, 0.4) is 0 Å². The van der Waals surface area contributed by atoms with Gasteiger partial charge >= 0.3 is 0 Å². The number of ketones is 1. The molecule has 2 aromatic rings. The fraction of sp³-hybridized carbons (Fsp3) is 0.484. The highest BCUT2D eigenvalue weighted by molar-refractivity contribution is 6.02. The van der Waals surface area contributed by atoms with E-state index in [-0.39, 0.29) is 43.3 Å². The number of benzene rings is 2. The summed E-state index contributed by atoms with van der Waals surface area (Å²) in [4.78, 5) is 51.9. The molecule has 0 heterocycles. The van der Waals surface area contributed by atoms with Crippen molar-refractivity contribution in [1.82, 2.24) is 16.0 Å². The number of hydrogen-bond donors (Lipinski definition) is 3. The number of Topliss-reactive ketones (excluding diaryl/α,β-unsaturated/α-hetero) is 1. The van der Waals surface area contributed by atoms with Crippen LogP contribution in [0, 0.1) is 40.9 Å². The van der Waals surface area contributed by atoms with E-state index in [1.54, 1.807) is 32.0 Å². The topological polar surface area (TPSA) is 114 Å². The summed E-state index contributed by atoms with van der Waals surface area (Å²) in [6, 6.07) is 2.70. The molecule has 0 spiro atoms. The molecule has 0 aromatic heterocycles. The van der Waals surface area contributed by atoms with Crippen LogP contribution in [0.1, 0.15) is 80.8 Å². The Morgan fingerprint density at radius 3 is 1.93 bits per heavy atom. The number of carbonyl (C=O) groups is 4. The van der Waals surface area contributed by atoms with Crippen LogP contribution in [0.25, 0.3) is 0 Å². The average molecular weight is 626 g/mol. The van der Waals surface area contributed by atoms with Gasteiger partial charge in [0.1, 0.15) is 17.8 Å². The molecule has 0 bridgehead atoms. The SMILES string of the molecule is COc1ccc2c(c1)C(CC(=O)N[C@@H](CC(C)C)C(=O)N[C@H](CC(C)C)C(=O)NCc1c(F)c(F)c(F)c(F)c1F)CC2=O. The van der Waals surface area contributed by atoms with E-state index in [9.17, 15) is 41.1 Å². The molecule has 8 nitrogen and oxygen atoms in total. The number of carbonyl (C=O) groups excluding carboxylic acids is 4. The summed E-state index contributed by atoms with van der Waals surface area (Å²) in [6.07, 6.45) is 0.314. The van der Waals surface area contributed by atoms with Crippen LogP contribution in [-0.4, -0.2) is 42.7 Å². The summed E-state index contributed by atoms with van der Waals surface area (Å²) in [7, 11) is 1.49. The summed E-state index contributed by atoms with van der Waals surface area (Å²) in [5.74, 6) is -13.1. The van der Waals surface area contributed by atoms with Gasteiger partial charge in [-0.1, -0.05) is 27.7 Å². The summed E-state index contributed by atoms with van der Waals surface area (Å²) >= 11 is 0. The Morgan fingerprint density at radius 1 is 0.841 bits per heavy atom. The van der Waals surface area contributed by atoms with Gasteiger partial charge in [0.15, 0.2) is 29.1 Å². The Balaban J connectivity index is 1.72. The maximum Gasteiger partial charge on any atom is 0.243 e. The molecule has 3 amide bonds. The van der Waals surface area contributed by atoms with Crippen LogP contribution in [0.2, 0.25) is 0 Å². The first-order valence-electron chi connectivity index (χ1n) is 14.2. The number of methoxy groups -OCH3 is 1. The zero-order valence-electron chi connectivity index (χ0n) is 25.1. The number of ether oxygens (including phenoxy) is 1. The van der Waals surface area contributed by atoms with Crippen LogP contribution in [0.15, 0.2) is 18.2 Å². The van der Waals surface area contributed by atoms with Crippen molar-refractivity contribution in [3.63, 3.8) is 0 Å². The first-order chi connectivity index (χ1) is 20.6. The van der Waals surface area contributed by atoms with E-state index in [1.165, 1.54) is 7.11 Å². The quantitative estimate of drug-likeness (QED) is 0.168. The molecular formula is C31H36F5N3O5. The molecular weight excluding hydrogens is 589 g/mol. The van der Waals surface area contributed by atoms with Crippen LogP contribution in [0.5, 0.6) is 5.75 Å². The molecule has 0 aliphatic heterocycles. The van der Waals surface area contributed by atoms with E-state index in [2.05, 4.69) is 16.0 Å². The molecule has 3 rings (SSSR count). The molecule has 0 radical (unpaired) electrons. The van der Waals surface area contributed by atoms with Crippen LogP contribution in [-0.2, 0) is 20.9 Å². The third-order valence-electron chi connectivity index (χ3n) is 7.30. The Morgan fingerprint density at radius 2 is 1.39 bits per heavy atom. The van der Waals surface area contributed by atoms with Gasteiger partial charge in [-0.3, -0.25) is 19.2 Å². The van der Waals surface area contributed by atoms with E-state index in [0.717, 1.165) is 0 Å². The second-order valence-electron chi connectivity index (χ2n) is 11.7. The van der Waals surface area contributed by atoms with E-state index in [4.69, 9.17) is 4.74 Å². The van der Waals surface area contributed by atoms with Gasteiger partial charge in [-0.05, 0) is 48.4 Å². The number of halogens is 5. The van der Waals surface area contributed by atoms with Gasteiger partial charge in [-0.25, -0.2) is 22.0 Å². The van der Waals surface area contributed by atoms with Crippen molar-refractivity contribution in [1.29, 1.82) is 0 Å². The van der Waals surface area contributed by atoms with E-state index >= 15 is 0 Å². The fourth-order valence-electron chi connectivity index (χ4n) is 5.14. The third kappa shape index (κ3) is 8.11. The minimum absolute atomic E-state index is 0.0595. The molecule has 3 N–H and O–H groups in total. The van der Waals surface area contributed by atoms with Gasteiger partial charge in [0, 0.05) is 36.4 Å². The summed E-state index contributed by atoms with van der Waals surface area (Å²) in [6.45, 7) is 6.13. The lowest BCUT2D eigenvalue weighted by molar-refractivity contribution is -0.132. The first-order valence-corrected chi connectivity index (χ1v) is 14.2. The van der Waals surface area contributed by atoms with E-state index in [1.807, 2.05) is 13.8 Å². The maximum absolute atomic E-state index is 14.1. The third-order valence-corrected chi connectivity index (χ3v) is 7.30. The van der Waals surface area contributed by atoms with Gasteiger partial charge in [0.05, 0.1) is 7.11 Å². The number of nitrogens with one attached hydrogen (secondary N) is 3. The van der Waals surface area contributed by atoms with Crippen molar-refractivity contribution in [2.45, 2.75) is 77.9 Å². The van der Waals surface area contributed by atoms with E-state index in [0.29, 0.717) is 16.9 Å². The van der Waals surface area contributed by atoms with Crippen molar-refractivity contribution >= 4 is 23.5 Å². The number of fused-ring (bicyclic) bond motifs is 1. The summed E-state index contributed by atoms with van der Waals surface area (Å²) < 4.78 is 74.0. The molecule has 1 aliphatic rings. The summed E-state index contributed by atoms with van der Waals surface area (Å²) in [5.41, 5.74) is -0.0378. The fourth-order valence-corrected chi connectivity index (χ4v) is 5.14. The highest BCUT2D eigenvalue weighted by Gasteiger charge is 2.34. The number of amides is 3. The molecule has 1 unspecified atom stereocenters. The van der Waals surface area contributed by atoms with Gasteiger partial charge < -0.3 is 20.7 Å². The molecule has 0 saturated heterocycles. The van der Waals surface area contributed by atoms with Crippen molar-refractivity contribution in [2.75, 3.05) is 7.11 Å². The molecule has 3 atom stereocenters. The van der Waals surface area contributed by atoms with Gasteiger partial charge in [-0.2, -0.15) is 0 Å². The first kappa shape index (κ1) is 34.5.